The zero-order valence-corrected chi connectivity index (χ0v) is 9.39. The average Bonchev–Trinajstić information content (AvgIpc) is 2.32. The largest absolute Gasteiger partial charge is 0.295 e. The van der Waals surface area contributed by atoms with Crippen LogP contribution in [0, 0.1) is 5.41 Å². The Labute approximate surface area is 85.5 Å². The van der Waals surface area contributed by atoms with E-state index in [9.17, 15) is 8.78 Å². The molecule has 1 fully saturated rings. The third-order valence-corrected chi connectivity index (χ3v) is 2.72. The van der Waals surface area contributed by atoms with Crippen molar-refractivity contribution in [1.82, 2.24) is 4.90 Å². The molecule has 0 amide bonds. The molecule has 0 aromatic heterocycles. The minimum absolute atomic E-state index is 0.0409. The molecule has 0 bridgehead atoms. The molecule has 84 valence electrons. The lowest BCUT2D eigenvalue weighted by Gasteiger charge is -2.30. The number of alkyl halides is 2. The monoisotopic (exact) mass is 205 g/mol. The molecule has 0 aliphatic carbocycles. The van der Waals surface area contributed by atoms with Crippen molar-refractivity contribution < 1.29 is 8.78 Å². The van der Waals surface area contributed by atoms with Crippen molar-refractivity contribution in [3.05, 3.63) is 0 Å². The Morgan fingerprint density at radius 2 is 2.00 bits per heavy atom. The molecule has 1 atom stereocenters. The maximum absolute atomic E-state index is 12.3. The minimum atomic E-state index is -2.18. The first-order chi connectivity index (χ1) is 6.38. The van der Waals surface area contributed by atoms with Gasteiger partial charge in [0.05, 0.1) is 6.54 Å². The van der Waals surface area contributed by atoms with Crippen LogP contribution >= 0.6 is 0 Å². The maximum atomic E-state index is 12.3. The molecule has 1 heterocycles. The van der Waals surface area contributed by atoms with E-state index >= 15 is 0 Å². The molecule has 3 heteroatoms. The lowest BCUT2D eigenvalue weighted by Crippen LogP contribution is -2.36. The molecule has 1 aliphatic rings. The molecule has 1 saturated heterocycles. The molecule has 0 aromatic carbocycles. The Balaban J connectivity index is 2.43. The molecule has 1 aliphatic heterocycles. The van der Waals surface area contributed by atoms with Crippen LogP contribution in [-0.4, -0.2) is 30.5 Å². The Hall–Kier alpha value is -0.180. The van der Waals surface area contributed by atoms with Crippen LogP contribution in [-0.2, 0) is 0 Å². The van der Waals surface area contributed by atoms with E-state index < -0.39 is 6.43 Å². The Kier molecular flexibility index (Phi) is 3.87. The van der Waals surface area contributed by atoms with Gasteiger partial charge in [-0.05, 0) is 31.2 Å². The fourth-order valence-electron chi connectivity index (χ4n) is 2.25. The first-order valence-electron chi connectivity index (χ1n) is 5.41. The van der Waals surface area contributed by atoms with E-state index in [2.05, 4.69) is 20.8 Å². The van der Waals surface area contributed by atoms with Crippen molar-refractivity contribution in [1.29, 1.82) is 0 Å². The highest BCUT2D eigenvalue weighted by molar-refractivity contribution is 4.83. The summed E-state index contributed by atoms with van der Waals surface area (Å²) in [7, 11) is 0. The Morgan fingerprint density at radius 1 is 1.36 bits per heavy atom. The predicted molar refractivity (Wildman–Crippen MR) is 54.7 cm³/mol. The molecule has 1 rings (SSSR count). The van der Waals surface area contributed by atoms with Gasteiger partial charge in [0.25, 0.3) is 6.43 Å². The number of nitrogens with zero attached hydrogens (tertiary/aromatic N) is 1. The topological polar surface area (TPSA) is 3.24 Å². The summed E-state index contributed by atoms with van der Waals surface area (Å²) < 4.78 is 24.5. The van der Waals surface area contributed by atoms with E-state index in [1.165, 1.54) is 0 Å². The highest BCUT2D eigenvalue weighted by atomic mass is 19.3. The fraction of sp³-hybridized carbons (Fsp3) is 1.00. The zero-order valence-electron chi connectivity index (χ0n) is 9.39. The summed E-state index contributed by atoms with van der Waals surface area (Å²) in [4.78, 5) is 1.95. The highest BCUT2D eigenvalue weighted by Gasteiger charge is 2.29. The van der Waals surface area contributed by atoms with Gasteiger partial charge < -0.3 is 0 Å². The molecule has 0 saturated carbocycles. The Morgan fingerprint density at radius 3 is 2.50 bits per heavy atom. The molecule has 0 N–H and O–H groups in total. The second kappa shape index (κ2) is 4.56. The average molecular weight is 205 g/mol. The van der Waals surface area contributed by atoms with Crippen LogP contribution in [0.4, 0.5) is 8.78 Å². The van der Waals surface area contributed by atoms with Crippen molar-refractivity contribution in [3.63, 3.8) is 0 Å². The van der Waals surface area contributed by atoms with Gasteiger partial charge in [-0.25, -0.2) is 8.78 Å². The predicted octanol–water partition coefficient (Wildman–Crippen LogP) is 3.15. The standard InChI is InChI=1S/C11H21F2N/c1-11(2,3)7-9-5-4-6-14(9)8-10(12)13/h9-10H,4-8H2,1-3H3/t9-/m0/s1. The number of hydrogen-bond donors (Lipinski definition) is 0. The smallest absolute Gasteiger partial charge is 0.251 e. The molecular weight excluding hydrogens is 184 g/mol. The lowest BCUT2D eigenvalue weighted by atomic mass is 9.87. The molecule has 0 aromatic rings. The normalized spacial score (nSPS) is 24.9. The van der Waals surface area contributed by atoms with Crippen molar-refractivity contribution >= 4 is 0 Å². The second-order valence-corrected chi connectivity index (χ2v) is 5.45. The fourth-order valence-corrected chi connectivity index (χ4v) is 2.25. The number of rotatable bonds is 3. The van der Waals surface area contributed by atoms with Gasteiger partial charge in [-0.2, -0.15) is 0 Å². The summed E-state index contributed by atoms with van der Waals surface area (Å²) in [5.41, 5.74) is 0.245. The van der Waals surface area contributed by atoms with Crippen LogP contribution in [0.2, 0.25) is 0 Å². The molecule has 14 heavy (non-hydrogen) atoms. The number of halogens is 2. The van der Waals surface area contributed by atoms with Gasteiger partial charge in [-0.3, -0.25) is 4.90 Å². The van der Waals surface area contributed by atoms with Crippen molar-refractivity contribution in [3.8, 4) is 0 Å². The van der Waals surface area contributed by atoms with Gasteiger partial charge in [-0.1, -0.05) is 20.8 Å². The van der Waals surface area contributed by atoms with E-state index in [-0.39, 0.29) is 12.0 Å². The van der Waals surface area contributed by atoms with Crippen molar-refractivity contribution in [2.45, 2.75) is 52.5 Å². The maximum Gasteiger partial charge on any atom is 0.251 e. The van der Waals surface area contributed by atoms with Gasteiger partial charge in [0, 0.05) is 6.04 Å². The zero-order chi connectivity index (χ0) is 10.8. The summed E-state index contributed by atoms with van der Waals surface area (Å²) >= 11 is 0. The van der Waals surface area contributed by atoms with E-state index in [1.54, 1.807) is 0 Å². The van der Waals surface area contributed by atoms with Crippen LogP contribution in [0.15, 0.2) is 0 Å². The molecule has 0 radical (unpaired) electrons. The second-order valence-electron chi connectivity index (χ2n) is 5.45. The van der Waals surface area contributed by atoms with Crippen LogP contribution in [0.5, 0.6) is 0 Å². The number of likely N-dealkylation sites (tertiary alicyclic amines) is 1. The molecule has 0 unspecified atom stereocenters. The van der Waals surface area contributed by atoms with Crippen molar-refractivity contribution in [2.75, 3.05) is 13.1 Å². The molecule has 1 nitrogen and oxygen atoms in total. The van der Waals surface area contributed by atoms with E-state index in [1.807, 2.05) is 4.90 Å². The van der Waals surface area contributed by atoms with Gasteiger partial charge >= 0.3 is 0 Å². The first kappa shape index (κ1) is 11.9. The van der Waals surface area contributed by atoms with Crippen LogP contribution in [0.1, 0.15) is 40.0 Å². The summed E-state index contributed by atoms with van der Waals surface area (Å²) in [5, 5.41) is 0. The SMILES string of the molecule is CC(C)(C)C[C@@H]1CCCN1CC(F)F. The molecular formula is C11H21F2N. The van der Waals surface area contributed by atoms with Gasteiger partial charge in [0.15, 0.2) is 0 Å². The Bertz CT molecular complexity index is 175. The summed E-state index contributed by atoms with van der Waals surface area (Å²) in [6.07, 6.45) is 1.01. The van der Waals surface area contributed by atoms with Gasteiger partial charge in [0.2, 0.25) is 0 Å². The van der Waals surface area contributed by atoms with Crippen LogP contribution in [0.3, 0.4) is 0 Å². The third-order valence-electron chi connectivity index (χ3n) is 2.72. The lowest BCUT2D eigenvalue weighted by molar-refractivity contribution is 0.0723. The van der Waals surface area contributed by atoms with E-state index in [0.717, 1.165) is 25.8 Å². The number of hydrogen-bond acceptors (Lipinski definition) is 1. The molecule has 0 spiro atoms. The summed E-state index contributed by atoms with van der Waals surface area (Å²) in [6.45, 7) is 7.33. The van der Waals surface area contributed by atoms with Crippen molar-refractivity contribution in [2.24, 2.45) is 5.41 Å². The highest BCUT2D eigenvalue weighted by Crippen LogP contribution is 2.29. The van der Waals surface area contributed by atoms with Crippen LogP contribution in [0.25, 0.3) is 0 Å². The minimum Gasteiger partial charge on any atom is -0.295 e. The van der Waals surface area contributed by atoms with Gasteiger partial charge in [-0.15, -0.1) is 0 Å². The van der Waals surface area contributed by atoms with E-state index in [4.69, 9.17) is 0 Å². The quantitative estimate of drug-likeness (QED) is 0.684. The first-order valence-corrected chi connectivity index (χ1v) is 5.41. The van der Waals surface area contributed by atoms with E-state index in [0.29, 0.717) is 6.04 Å². The van der Waals surface area contributed by atoms with Crippen LogP contribution < -0.4 is 0 Å². The van der Waals surface area contributed by atoms with Gasteiger partial charge in [0.1, 0.15) is 0 Å². The summed E-state index contributed by atoms with van der Waals surface area (Å²) in [5.74, 6) is 0. The summed E-state index contributed by atoms with van der Waals surface area (Å²) in [6, 6.07) is 0.379. The third kappa shape index (κ3) is 3.91.